The molecule has 1 aromatic rings. The molecule has 0 aliphatic heterocycles. The van der Waals surface area contributed by atoms with Gasteiger partial charge in [0.2, 0.25) is 0 Å². The highest BCUT2D eigenvalue weighted by atomic mass is 79.9. The Labute approximate surface area is 105 Å². The van der Waals surface area contributed by atoms with E-state index in [4.69, 9.17) is 4.74 Å². The Balaban J connectivity index is 2.66. The van der Waals surface area contributed by atoms with Gasteiger partial charge < -0.3 is 4.74 Å². The first-order chi connectivity index (χ1) is 7.69. The largest absolute Gasteiger partial charge is 0.383 e. The lowest BCUT2D eigenvalue weighted by molar-refractivity contribution is 0.147. The van der Waals surface area contributed by atoms with Crippen LogP contribution >= 0.6 is 15.9 Å². The van der Waals surface area contributed by atoms with Gasteiger partial charge in [0.1, 0.15) is 5.82 Å². The van der Waals surface area contributed by atoms with Crippen LogP contribution in [-0.4, -0.2) is 31.7 Å². The van der Waals surface area contributed by atoms with Gasteiger partial charge >= 0.3 is 0 Å². The van der Waals surface area contributed by atoms with Crippen molar-refractivity contribution in [2.75, 3.05) is 26.8 Å². The van der Waals surface area contributed by atoms with Crippen LogP contribution in [0.4, 0.5) is 4.39 Å². The van der Waals surface area contributed by atoms with E-state index in [0.717, 1.165) is 25.2 Å². The summed E-state index contributed by atoms with van der Waals surface area (Å²) in [6.45, 7) is 5.30. The van der Waals surface area contributed by atoms with Gasteiger partial charge in [0.25, 0.3) is 0 Å². The highest BCUT2D eigenvalue weighted by Crippen LogP contribution is 2.21. The predicted octanol–water partition coefficient (Wildman–Crippen LogP) is 3.06. The van der Waals surface area contributed by atoms with Crippen molar-refractivity contribution >= 4 is 15.9 Å². The molecule has 0 unspecified atom stereocenters. The zero-order valence-corrected chi connectivity index (χ0v) is 11.3. The van der Waals surface area contributed by atoms with E-state index in [1.165, 1.54) is 6.07 Å². The van der Waals surface area contributed by atoms with Crippen molar-refractivity contribution in [3.63, 3.8) is 0 Å². The molecular weight excluding hydrogens is 273 g/mol. The van der Waals surface area contributed by atoms with Crippen LogP contribution in [-0.2, 0) is 11.3 Å². The van der Waals surface area contributed by atoms with Crippen LogP contribution in [0.1, 0.15) is 12.5 Å². The zero-order chi connectivity index (χ0) is 12.0. The van der Waals surface area contributed by atoms with Crippen LogP contribution < -0.4 is 0 Å². The number of halogens is 2. The Morgan fingerprint density at radius 1 is 1.44 bits per heavy atom. The van der Waals surface area contributed by atoms with Gasteiger partial charge in [-0.2, -0.15) is 0 Å². The third-order valence-corrected chi connectivity index (χ3v) is 3.37. The summed E-state index contributed by atoms with van der Waals surface area (Å²) in [5.74, 6) is -0.208. The fourth-order valence-corrected chi connectivity index (χ4v) is 1.87. The minimum atomic E-state index is -0.208. The van der Waals surface area contributed by atoms with Crippen molar-refractivity contribution in [3.05, 3.63) is 34.1 Å². The average molecular weight is 290 g/mol. The maximum atomic E-state index is 13.3. The minimum absolute atomic E-state index is 0.208. The number of methoxy groups -OCH3 is 1. The van der Waals surface area contributed by atoms with Gasteiger partial charge in [0.05, 0.1) is 11.1 Å². The first-order valence-electron chi connectivity index (χ1n) is 5.33. The van der Waals surface area contributed by atoms with Crippen LogP contribution in [0.2, 0.25) is 0 Å². The summed E-state index contributed by atoms with van der Waals surface area (Å²) in [4.78, 5) is 2.21. The Morgan fingerprint density at radius 2 is 2.19 bits per heavy atom. The standard InChI is InChI=1S/C12H17BrFNO/c1-3-15(7-8-16-2)9-10-5-4-6-11(14)12(10)13/h4-6H,3,7-9H2,1-2H3. The number of rotatable bonds is 6. The molecule has 90 valence electrons. The molecule has 0 aromatic heterocycles. The lowest BCUT2D eigenvalue weighted by Crippen LogP contribution is -2.26. The highest BCUT2D eigenvalue weighted by molar-refractivity contribution is 9.10. The molecule has 0 aliphatic carbocycles. The normalized spacial score (nSPS) is 11.1. The van der Waals surface area contributed by atoms with E-state index in [2.05, 4.69) is 27.8 Å². The Kier molecular flexibility index (Phi) is 5.95. The van der Waals surface area contributed by atoms with Crippen LogP contribution in [0, 0.1) is 5.82 Å². The van der Waals surface area contributed by atoms with Gasteiger partial charge in [-0.3, -0.25) is 4.90 Å². The summed E-state index contributed by atoms with van der Waals surface area (Å²) in [7, 11) is 1.69. The third kappa shape index (κ3) is 3.85. The van der Waals surface area contributed by atoms with E-state index >= 15 is 0 Å². The van der Waals surface area contributed by atoms with Crippen LogP contribution in [0.5, 0.6) is 0 Å². The molecule has 1 rings (SSSR count). The second kappa shape index (κ2) is 6.99. The molecule has 0 N–H and O–H groups in total. The summed E-state index contributed by atoms with van der Waals surface area (Å²) in [6, 6.07) is 5.13. The molecule has 1 aromatic carbocycles. The quantitative estimate of drug-likeness (QED) is 0.798. The van der Waals surface area contributed by atoms with Gasteiger partial charge in [0.15, 0.2) is 0 Å². The van der Waals surface area contributed by atoms with E-state index in [1.807, 2.05) is 6.07 Å². The summed E-state index contributed by atoms with van der Waals surface area (Å²) in [6.07, 6.45) is 0. The van der Waals surface area contributed by atoms with Crippen molar-refractivity contribution < 1.29 is 9.13 Å². The number of hydrogen-bond acceptors (Lipinski definition) is 2. The van der Waals surface area contributed by atoms with Crippen molar-refractivity contribution in [1.82, 2.24) is 4.90 Å². The molecule has 0 fully saturated rings. The molecule has 0 saturated heterocycles. The summed E-state index contributed by atoms with van der Waals surface area (Å²) in [5, 5.41) is 0. The first kappa shape index (κ1) is 13.6. The van der Waals surface area contributed by atoms with E-state index < -0.39 is 0 Å². The van der Waals surface area contributed by atoms with E-state index in [1.54, 1.807) is 13.2 Å². The van der Waals surface area contributed by atoms with E-state index in [-0.39, 0.29) is 5.82 Å². The van der Waals surface area contributed by atoms with Gasteiger partial charge in [-0.15, -0.1) is 0 Å². The van der Waals surface area contributed by atoms with Crippen molar-refractivity contribution in [2.45, 2.75) is 13.5 Å². The molecule has 0 atom stereocenters. The van der Waals surface area contributed by atoms with Crippen molar-refractivity contribution in [1.29, 1.82) is 0 Å². The fourth-order valence-electron chi connectivity index (χ4n) is 1.48. The molecule has 0 saturated carbocycles. The maximum absolute atomic E-state index is 13.3. The monoisotopic (exact) mass is 289 g/mol. The second-order valence-electron chi connectivity index (χ2n) is 3.57. The Hall–Kier alpha value is -0.450. The Bertz CT molecular complexity index is 333. The number of nitrogens with zero attached hydrogens (tertiary/aromatic N) is 1. The summed E-state index contributed by atoms with van der Waals surface area (Å²) >= 11 is 3.27. The zero-order valence-electron chi connectivity index (χ0n) is 9.67. The molecule has 0 heterocycles. The number of hydrogen-bond donors (Lipinski definition) is 0. The fraction of sp³-hybridized carbons (Fsp3) is 0.500. The van der Waals surface area contributed by atoms with Crippen LogP contribution in [0.15, 0.2) is 22.7 Å². The van der Waals surface area contributed by atoms with Gasteiger partial charge in [-0.05, 0) is 34.1 Å². The van der Waals surface area contributed by atoms with Gasteiger partial charge in [0, 0.05) is 20.2 Å². The average Bonchev–Trinajstić information content (AvgIpc) is 2.30. The predicted molar refractivity (Wildman–Crippen MR) is 66.9 cm³/mol. The molecule has 0 aliphatic rings. The highest BCUT2D eigenvalue weighted by Gasteiger charge is 2.09. The second-order valence-corrected chi connectivity index (χ2v) is 4.37. The SMILES string of the molecule is CCN(CCOC)Cc1cccc(F)c1Br. The summed E-state index contributed by atoms with van der Waals surface area (Å²) in [5.41, 5.74) is 0.970. The topological polar surface area (TPSA) is 12.5 Å². The van der Waals surface area contributed by atoms with Gasteiger partial charge in [-0.1, -0.05) is 19.1 Å². The van der Waals surface area contributed by atoms with Crippen molar-refractivity contribution in [2.24, 2.45) is 0 Å². The van der Waals surface area contributed by atoms with Gasteiger partial charge in [-0.25, -0.2) is 4.39 Å². The van der Waals surface area contributed by atoms with Crippen LogP contribution in [0.25, 0.3) is 0 Å². The number of likely N-dealkylation sites (N-methyl/N-ethyl adjacent to an activating group) is 1. The van der Waals surface area contributed by atoms with E-state index in [0.29, 0.717) is 11.1 Å². The summed E-state index contributed by atoms with van der Waals surface area (Å²) < 4.78 is 18.9. The number of ether oxygens (including phenoxy) is 1. The lowest BCUT2D eigenvalue weighted by Gasteiger charge is -2.20. The molecule has 0 amide bonds. The molecule has 0 radical (unpaired) electrons. The smallest absolute Gasteiger partial charge is 0.137 e. The lowest BCUT2D eigenvalue weighted by atomic mass is 10.2. The maximum Gasteiger partial charge on any atom is 0.137 e. The molecule has 0 bridgehead atoms. The molecular formula is C12H17BrFNO. The molecule has 2 nitrogen and oxygen atoms in total. The minimum Gasteiger partial charge on any atom is -0.383 e. The Morgan fingerprint density at radius 3 is 2.81 bits per heavy atom. The first-order valence-corrected chi connectivity index (χ1v) is 6.12. The molecule has 4 heteroatoms. The molecule has 0 spiro atoms. The number of benzene rings is 1. The van der Waals surface area contributed by atoms with Crippen LogP contribution in [0.3, 0.4) is 0 Å². The molecule has 16 heavy (non-hydrogen) atoms. The van der Waals surface area contributed by atoms with Crippen molar-refractivity contribution in [3.8, 4) is 0 Å². The van der Waals surface area contributed by atoms with E-state index in [9.17, 15) is 4.39 Å². The third-order valence-electron chi connectivity index (χ3n) is 2.48.